The average molecular weight is 351 g/mol. The summed E-state index contributed by atoms with van der Waals surface area (Å²) in [6, 6.07) is 10.3. The average Bonchev–Trinajstić information content (AvgIpc) is 3.12. The monoisotopic (exact) mass is 351 g/mol. The van der Waals surface area contributed by atoms with E-state index < -0.39 is 0 Å². The molecular formula is C19H21N5S. The number of hydrogen-bond donors (Lipinski definition) is 2. The highest BCUT2D eigenvalue weighted by atomic mass is 32.1. The molecule has 1 fully saturated rings. The summed E-state index contributed by atoms with van der Waals surface area (Å²) >= 11 is 1.62. The summed E-state index contributed by atoms with van der Waals surface area (Å²) in [4.78, 5) is 14.7. The molecule has 0 aliphatic carbocycles. The first-order valence-corrected chi connectivity index (χ1v) is 9.48. The molecule has 25 heavy (non-hydrogen) atoms. The highest BCUT2D eigenvalue weighted by molar-refractivity contribution is 7.18. The Kier molecular flexibility index (Phi) is 4.99. The Labute approximate surface area is 151 Å². The van der Waals surface area contributed by atoms with Gasteiger partial charge in [0.15, 0.2) is 10.9 Å². The van der Waals surface area contributed by atoms with Crippen LogP contribution in [0.2, 0.25) is 0 Å². The number of thiazole rings is 1. The van der Waals surface area contributed by atoms with Crippen LogP contribution in [0.4, 0.5) is 10.9 Å². The first kappa shape index (κ1) is 16.2. The molecule has 0 radical (unpaired) electrons. The quantitative estimate of drug-likeness (QED) is 0.730. The minimum absolute atomic E-state index is 0.655. The van der Waals surface area contributed by atoms with E-state index in [4.69, 9.17) is 4.98 Å². The predicted molar refractivity (Wildman–Crippen MR) is 102 cm³/mol. The van der Waals surface area contributed by atoms with Crippen LogP contribution < -0.4 is 10.6 Å². The van der Waals surface area contributed by atoms with Crippen LogP contribution in [0.15, 0.2) is 48.9 Å². The predicted octanol–water partition coefficient (Wildman–Crippen LogP) is 3.89. The second-order valence-electron chi connectivity index (χ2n) is 6.33. The molecule has 3 aromatic rings. The van der Waals surface area contributed by atoms with E-state index in [2.05, 4.69) is 32.7 Å². The van der Waals surface area contributed by atoms with Crippen molar-refractivity contribution in [1.29, 1.82) is 0 Å². The standard InChI is InChI=1S/C19H21N5S/c1-2-6-15(7-3-1)17-12-22-19(25-17)24-18-13-21-11-16(23-18)9-14-5-4-8-20-10-14/h1-3,6-7,11-14,20H,4-5,8-10H2,(H,22,23,24)/t14-/m0/s1. The number of aromatic nitrogens is 3. The molecular weight excluding hydrogens is 330 g/mol. The maximum atomic E-state index is 4.71. The summed E-state index contributed by atoms with van der Waals surface area (Å²) < 4.78 is 0. The van der Waals surface area contributed by atoms with Crippen molar-refractivity contribution in [2.75, 3.05) is 18.4 Å². The van der Waals surface area contributed by atoms with Gasteiger partial charge in [-0.2, -0.15) is 0 Å². The van der Waals surface area contributed by atoms with Gasteiger partial charge in [-0.1, -0.05) is 41.7 Å². The molecule has 4 rings (SSSR count). The molecule has 2 N–H and O–H groups in total. The van der Waals surface area contributed by atoms with Gasteiger partial charge >= 0.3 is 0 Å². The number of hydrogen-bond acceptors (Lipinski definition) is 6. The lowest BCUT2D eigenvalue weighted by Crippen LogP contribution is -2.31. The maximum Gasteiger partial charge on any atom is 0.188 e. The Morgan fingerprint density at radius 2 is 2.08 bits per heavy atom. The van der Waals surface area contributed by atoms with Gasteiger partial charge in [0.2, 0.25) is 0 Å². The van der Waals surface area contributed by atoms with Crippen LogP contribution in [-0.4, -0.2) is 28.0 Å². The second kappa shape index (κ2) is 7.72. The Morgan fingerprint density at radius 3 is 2.92 bits per heavy atom. The van der Waals surface area contributed by atoms with E-state index >= 15 is 0 Å². The minimum atomic E-state index is 0.655. The first-order chi connectivity index (χ1) is 12.4. The molecule has 0 amide bonds. The van der Waals surface area contributed by atoms with Gasteiger partial charge in [-0.3, -0.25) is 4.98 Å². The molecule has 1 atom stereocenters. The molecule has 2 aromatic heterocycles. The zero-order valence-corrected chi connectivity index (χ0v) is 14.8. The summed E-state index contributed by atoms with van der Waals surface area (Å²) in [7, 11) is 0. The van der Waals surface area contributed by atoms with E-state index in [9.17, 15) is 0 Å². The van der Waals surface area contributed by atoms with Crippen molar-refractivity contribution in [3.63, 3.8) is 0 Å². The Bertz CT molecular complexity index is 811. The molecule has 0 spiro atoms. The number of benzene rings is 1. The summed E-state index contributed by atoms with van der Waals surface area (Å²) in [6.07, 6.45) is 9.01. The van der Waals surface area contributed by atoms with Crippen LogP contribution in [0.5, 0.6) is 0 Å². The molecule has 1 aliphatic heterocycles. The molecule has 0 unspecified atom stereocenters. The zero-order valence-electron chi connectivity index (χ0n) is 14.0. The lowest BCUT2D eigenvalue weighted by Gasteiger charge is -2.22. The molecule has 3 heterocycles. The SMILES string of the molecule is c1ccc(-c2cnc(Nc3cncc(C[C@@H]4CCCNC4)n3)s2)cc1. The van der Waals surface area contributed by atoms with Crippen molar-refractivity contribution < 1.29 is 0 Å². The van der Waals surface area contributed by atoms with Crippen molar-refractivity contribution in [3.05, 3.63) is 54.6 Å². The maximum absolute atomic E-state index is 4.71. The molecule has 128 valence electrons. The normalized spacial score (nSPS) is 17.4. The number of rotatable bonds is 5. The van der Waals surface area contributed by atoms with Crippen LogP contribution >= 0.6 is 11.3 Å². The molecule has 1 aromatic carbocycles. The highest BCUT2D eigenvalue weighted by Crippen LogP contribution is 2.30. The molecule has 1 saturated heterocycles. The van der Waals surface area contributed by atoms with Gasteiger partial charge in [0.1, 0.15) is 0 Å². The molecule has 0 bridgehead atoms. The lowest BCUT2D eigenvalue weighted by atomic mass is 9.95. The third kappa shape index (κ3) is 4.21. The van der Waals surface area contributed by atoms with Gasteiger partial charge in [-0.25, -0.2) is 9.97 Å². The van der Waals surface area contributed by atoms with E-state index in [0.29, 0.717) is 5.92 Å². The van der Waals surface area contributed by atoms with E-state index in [1.54, 1.807) is 17.5 Å². The largest absolute Gasteiger partial charge is 0.316 e. The summed E-state index contributed by atoms with van der Waals surface area (Å²) in [5, 5.41) is 7.58. The minimum Gasteiger partial charge on any atom is -0.316 e. The number of nitrogens with one attached hydrogen (secondary N) is 2. The number of nitrogens with zero attached hydrogens (tertiary/aromatic N) is 3. The zero-order chi connectivity index (χ0) is 16.9. The van der Waals surface area contributed by atoms with E-state index in [-0.39, 0.29) is 0 Å². The van der Waals surface area contributed by atoms with Gasteiger partial charge in [-0.15, -0.1) is 0 Å². The fourth-order valence-corrected chi connectivity index (χ4v) is 3.96. The Morgan fingerprint density at radius 1 is 1.16 bits per heavy atom. The van der Waals surface area contributed by atoms with E-state index in [1.165, 1.54) is 18.4 Å². The topological polar surface area (TPSA) is 62.7 Å². The third-order valence-corrected chi connectivity index (χ3v) is 5.34. The Hall–Kier alpha value is -2.31. The molecule has 5 nitrogen and oxygen atoms in total. The summed E-state index contributed by atoms with van der Waals surface area (Å²) in [5.74, 6) is 1.41. The highest BCUT2D eigenvalue weighted by Gasteiger charge is 2.14. The van der Waals surface area contributed by atoms with Crippen molar-refractivity contribution in [1.82, 2.24) is 20.3 Å². The smallest absolute Gasteiger partial charge is 0.188 e. The number of piperidine rings is 1. The van der Waals surface area contributed by atoms with Crippen molar-refractivity contribution in [2.24, 2.45) is 5.92 Å². The fraction of sp³-hybridized carbons (Fsp3) is 0.316. The molecule has 0 saturated carbocycles. The van der Waals surface area contributed by atoms with Crippen LogP contribution in [0.25, 0.3) is 10.4 Å². The van der Waals surface area contributed by atoms with Gasteiger partial charge in [0.05, 0.1) is 16.8 Å². The van der Waals surface area contributed by atoms with Gasteiger partial charge in [0.25, 0.3) is 0 Å². The van der Waals surface area contributed by atoms with Gasteiger partial charge in [0, 0.05) is 12.4 Å². The van der Waals surface area contributed by atoms with Crippen LogP contribution in [-0.2, 0) is 6.42 Å². The Balaban J connectivity index is 1.44. The molecule has 1 aliphatic rings. The second-order valence-corrected chi connectivity index (χ2v) is 7.36. The van der Waals surface area contributed by atoms with E-state index in [1.807, 2.05) is 30.6 Å². The number of anilines is 2. The molecule has 6 heteroatoms. The van der Waals surface area contributed by atoms with Crippen molar-refractivity contribution in [2.45, 2.75) is 19.3 Å². The van der Waals surface area contributed by atoms with E-state index in [0.717, 1.165) is 41.0 Å². The fourth-order valence-electron chi connectivity index (χ4n) is 3.14. The van der Waals surface area contributed by atoms with Crippen molar-refractivity contribution in [3.8, 4) is 10.4 Å². The summed E-state index contributed by atoms with van der Waals surface area (Å²) in [6.45, 7) is 2.21. The van der Waals surface area contributed by atoms with Crippen LogP contribution in [0, 0.1) is 5.92 Å². The lowest BCUT2D eigenvalue weighted by molar-refractivity contribution is 0.373. The van der Waals surface area contributed by atoms with Gasteiger partial charge < -0.3 is 10.6 Å². The van der Waals surface area contributed by atoms with Gasteiger partial charge in [-0.05, 0) is 43.8 Å². The third-order valence-electron chi connectivity index (χ3n) is 4.38. The van der Waals surface area contributed by atoms with Crippen LogP contribution in [0.3, 0.4) is 0 Å². The van der Waals surface area contributed by atoms with Crippen LogP contribution in [0.1, 0.15) is 18.5 Å². The first-order valence-electron chi connectivity index (χ1n) is 8.67. The summed E-state index contributed by atoms with van der Waals surface area (Å²) in [5.41, 5.74) is 2.22. The van der Waals surface area contributed by atoms with Crippen molar-refractivity contribution >= 4 is 22.3 Å².